The van der Waals surface area contributed by atoms with Crippen molar-refractivity contribution in [3.8, 4) is 39.1 Å². The highest BCUT2D eigenvalue weighted by molar-refractivity contribution is 6.15. The first-order valence-corrected chi connectivity index (χ1v) is 21.0. The molecule has 0 saturated carbocycles. The molecule has 0 aliphatic heterocycles. The summed E-state index contributed by atoms with van der Waals surface area (Å²) in [4.78, 5) is 0. The molecule has 2 nitrogen and oxygen atoms in total. The van der Waals surface area contributed by atoms with Crippen molar-refractivity contribution in [2.45, 2.75) is 24.7 Å². The van der Waals surface area contributed by atoms with E-state index >= 15 is 0 Å². The summed E-state index contributed by atoms with van der Waals surface area (Å²) in [6, 6.07) is 73.9. The van der Waals surface area contributed by atoms with Crippen molar-refractivity contribution >= 4 is 43.7 Å². The fourth-order valence-electron chi connectivity index (χ4n) is 11.2. The van der Waals surface area contributed by atoms with Gasteiger partial charge in [-0.3, -0.25) is 0 Å². The van der Waals surface area contributed by atoms with Crippen LogP contribution in [0.3, 0.4) is 0 Å². The molecule has 2 heteroatoms. The number of nitrogens with zero attached hydrogens (tertiary/aromatic N) is 1. The predicted molar refractivity (Wildman–Crippen MR) is 248 cm³/mol. The lowest BCUT2D eigenvalue weighted by Crippen LogP contribution is -2.28. The van der Waals surface area contributed by atoms with Gasteiger partial charge in [0.1, 0.15) is 5.58 Å². The highest BCUT2D eigenvalue weighted by atomic mass is 16.3. The summed E-state index contributed by atoms with van der Waals surface area (Å²) in [5.74, 6) is 0. The molecule has 2 aliphatic rings. The standard InChI is InChI=1S/C58H39NO/c1-57(2)48-25-10-6-20-42(48)46-34-47-43-21-9-13-28-52(43)59(54(47)35-51(46)57)53-29-15-24-45-44-23-14-22-39(55(44)60-56(45)53)36-30-32-38(33-31-36)58(37-16-4-3-5-17-37)49-26-11-7-18-40(49)41-19-8-12-27-50(41)58/h3-35H,1-2H3. The Morgan fingerprint density at radius 3 is 1.65 bits per heavy atom. The Labute approximate surface area is 348 Å². The first-order chi connectivity index (χ1) is 29.5. The van der Waals surface area contributed by atoms with Crippen molar-refractivity contribution in [2.75, 3.05) is 0 Å². The van der Waals surface area contributed by atoms with Crippen LogP contribution in [0.1, 0.15) is 47.2 Å². The molecule has 0 N–H and O–H groups in total. The topological polar surface area (TPSA) is 18.1 Å². The Balaban J connectivity index is 0.997. The molecule has 0 amide bonds. The van der Waals surface area contributed by atoms with Crippen molar-refractivity contribution < 1.29 is 4.42 Å². The van der Waals surface area contributed by atoms with Gasteiger partial charge < -0.3 is 8.98 Å². The number of furan rings is 1. The molecule has 2 aliphatic carbocycles. The van der Waals surface area contributed by atoms with Gasteiger partial charge in [-0.05, 0) is 85.5 Å². The van der Waals surface area contributed by atoms with Gasteiger partial charge in [0.15, 0.2) is 5.58 Å². The smallest absolute Gasteiger partial charge is 0.159 e. The van der Waals surface area contributed by atoms with E-state index in [4.69, 9.17) is 4.42 Å². The molecule has 9 aromatic carbocycles. The van der Waals surface area contributed by atoms with E-state index in [0.717, 1.165) is 38.8 Å². The molecule has 0 atom stereocenters. The molecule has 2 heterocycles. The molecular formula is C58H39NO. The minimum absolute atomic E-state index is 0.109. The normalized spacial score (nSPS) is 14.4. The molecule has 0 radical (unpaired) electrons. The second-order valence-electron chi connectivity index (χ2n) is 17.2. The summed E-state index contributed by atoms with van der Waals surface area (Å²) in [6.07, 6.45) is 0. The molecule has 0 unspecified atom stereocenters. The number of hydrogen-bond donors (Lipinski definition) is 0. The zero-order valence-electron chi connectivity index (χ0n) is 33.4. The average molecular weight is 766 g/mol. The van der Waals surface area contributed by atoms with Gasteiger partial charge in [-0.25, -0.2) is 0 Å². The Bertz CT molecular complexity index is 3520. The third kappa shape index (κ3) is 4.27. The van der Waals surface area contributed by atoms with Gasteiger partial charge in [-0.1, -0.05) is 190 Å². The Kier molecular flexibility index (Phi) is 6.74. The van der Waals surface area contributed by atoms with E-state index in [1.807, 2.05) is 0 Å². The Hall–Kier alpha value is -7.42. The number of para-hydroxylation sites is 3. The van der Waals surface area contributed by atoms with E-state index in [1.165, 1.54) is 77.4 Å². The average Bonchev–Trinajstić information content (AvgIpc) is 4.01. The van der Waals surface area contributed by atoms with Crippen LogP contribution in [0, 0.1) is 0 Å². The van der Waals surface area contributed by atoms with Crippen LogP contribution < -0.4 is 0 Å². The zero-order valence-corrected chi connectivity index (χ0v) is 33.4. The van der Waals surface area contributed by atoms with E-state index in [9.17, 15) is 0 Å². The first kappa shape index (κ1) is 33.5. The Morgan fingerprint density at radius 1 is 0.367 bits per heavy atom. The van der Waals surface area contributed by atoms with E-state index < -0.39 is 5.41 Å². The minimum atomic E-state index is -0.437. The zero-order chi connectivity index (χ0) is 39.7. The fraction of sp³-hybridized carbons (Fsp3) is 0.0690. The van der Waals surface area contributed by atoms with Crippen LogP contribution in [0.25, 0.3) is 82.8 Å². The van der Waals surface area contributed by atoms with Gasteiger partial charge in [0.2, 0.25) is 0 Å². The summed E-state index contributed by atoms with van der Waals surface area (Å²) in [7, 11) is 0. The molecular weight excluding hydrogens is 727 g/mol. The molecule has 2 aromatic heterocycles. The van der Waals surface area contributed by atoms with E-state index in [-0.39, 0.29) is 5.41 Å². The summed E-state index contributed by atoms with van der Waals surface area (Å²) < 4.78 is 9.60. The maximum absolute atomic E-state index is 7.17. The lowest BCUT2D eigenvalue weighted by molar-refractivity contribution is 0.660. The minimum Gasteiger partial charge on any atom is -0.453 e. The van der Waals surface area contributed by atoms with E-state index in [0.29, 0.717) is 0 Å². The highest BCUT2D eigenvalue weighted by Gasteiger charge is 2.46. The number of benzene rings is 9. The molecule has 0 spiro atoms. The van der Waals surface area contributed by atoms with Crippen LogP contribution in [0.2, 0.25) is 0 Å². The van der Waals surface area contributed by atoms with E-state index in [1.54, 1.807) is 0 Å². The molecule has 60 heavy (non-hydrogen) atoms. The molecule has 13 rings (SSSR count). The molecule has 11 aromatic rings. The monoisotopic (exact) mass is 765 g/mol. The number of aromatic nitrogens is 1. The lowest BCUT2D eigenvalue weighted by atomic mass is 9.67. The van der Waals surface area contributed by atoms with Crippen LogP contribution in [0.4, 0.5) is 0 Å². The Morgan fingerprint density at radius 2 is 0.917 bits per heavy atom. The largest absolute Gasteiger partial charge is 0.453 e. The second-order valence-corrected chi connectivity index (χ2v) is 17.2. The maximum Gasteiger partial charge on any atom is 0.159 e. The van der Waals surface area contributed by atoms with Crippen LogP contribution in [-0.2, 0) is 10.8 Å². The van der Waals surface area contributed by atoms with Crippen LogP contribution in [-0.4, -0.2) is 4.57 Å². The third-order valence-corrected chi connectivity index (χ3v) is 13.9. The van der Waals surface area contributed by atoms with E-state index in [2.05, 4.69) is 219 Å². The summed E-state index contributed by atoms with van der Waals surface area (Å²) >= 11 is 0. The van der Waals surface area contributed by atoms with Crippen LogP contribution in [0.5, 0.6) is 0 Å². The van der Waals surface area contributed by atoms with Crippen molar-refractivity contribution in [1.82, 2.24) is 4.57 Å². The van der Waals surface area contributed by atoms with Gasteiger partial charge in [0, 0.05) is 32.5 Å². The van der Waals surface area contributed by atoms with Gasteiger partial charge in [0.25, 0.3) is 0 Å². The molecule has 0 bridgehead atoms. The summed E-state index contributed by atoms with van der Waals surface area (Å²) in [5, 5.41) is 4.73. The summed E-state index contributed by atoms with van der Waals surface area (Å²) in [6.45, 7) is 4.72. The molecule has 0 saturated heterocycles. The quantitative estimate of drug-likeness (QED) is 0.174. The van der Waals surface area contributed by atoms with Gasteiger partial charge in [0.05, 0.1) is 22.1 Å². The SMILES string of the molecule is CC1(C)c2ccccc2-c2cc3c4ccccc4n(-c4cccc5c4oc4c(-c6ccc(C7(c8ccccc8)c8ccccc8-c8ccccc87)cc6)cccc45)c3cc21. The van der Waals surface area contributed by atoms with Crippen molar-refractivity contribution in [3.05, 3.63) is 234 Å². The first-order valence-electron chi connectivity index (χ1n) is 21.0. The number of fused-ring (bicyclic) bond motifs is 12. The summed E-state index contributed by atoms with van der Waals surface area (Å²) in [5.41, 5.74) is 20.0. The van der Waals surface area contributed by atoms with Crippen molar-refractivity contribution in [2.24, 2.45) is 0 Å². The fourth-order valence-corrected chi connectivity index (χ4v) is 11.2. The van der Waals surface area contributed by atoms with Crippen molar-refractivity contribution in [1.29, 1.82) is 0 Å². The predicted octanol–water partition coefficient (Wildman–Crippen LogP) is 15.0. The molecule has 282 valence electrons. The van der Waals surface area contributed by atoms with Gasteiger partial charge in [-0.15, -0.1) is 0 Å². The van der Waals surface area contributed by atoms with Gasteiger partial charge in [-0.2, -0.15) is 0 Å². The maximum atomic E-state index is 7.17. The number of hydrogen-bond acceptors (Lipinski definition) is 1. The van der Waals surface area contributed by atoms with Crippen LogP contribution >= 0.6 is 0 Å². The third-order valence-electron chi connectivity index (χ3n) is 13.9. The molecule has 0 fully saturated rings. The lowest BCUT2D eigenvalue weighted by Gasteiger charge is -2.34. The number of rotatable bonds is 4. The second kappa shape index (κ2) is 12.1. The van der Waals surface area contributed by atoms with Crippen molar-refractivity contribution in [3.63, 3.8) is 0 Å². The van der Waals surface area contributed by atoms with Crippen LogP contribution in [0.15, 0.2) is 205 Å². The highest BCUT2D eigenvalue weighted by Crippen LogP contribution is 2.56. The van der Waals surface area contributed by atoms with Gasteiger partial charge >= 0.3 is 0 Å².